The quantitative estimate of drug-likeness (QED) is 0.825. The van der Waals surface area contributed by atoms with Gasteiger partial charge in [-0.1, -0.05) is 12.1 Å². The molecule has 1 aromatic rings. The number of hydrogen-bond donors (Lipinski definition) is 2. The molecule has 1 aliphatic carbocycles. The summed E-state index contributed by atoms with van der Waals surface area (Å²) in [7, 11) is 0. The lowest BCUT2D eigenvalue weighted by atomic mass is 9.92. The minimum Gasteiger partial charge on any atom is -0.393 e. The first-order valence-corrected chi connectivity index (χ1v) is 7.42. The normalized spacial score (nSPS) is 26.8. The lowest BCUT2D eigenvalue weighted by Crippen LogP contribution is -2.37. The van der Waals surface area contributed by atoms with Crippen molar-refractivity contribution < 1.29 is 5.11 Å². The Morgan fingerprint density at radius 1 is 1.29 bits per heavy atom. The van der Waals surface area contributed by atoms with Crippen LogP contribution >= 0.6 is 22.6 Å². The summed E-state index contributed by atoms with van der Waals surface area (Å²) in [5, 5.41) is 13.3. The summed E-state index contributed by atoms with van der Waals surface area (Å²) in [5.41, 5.74) is 1.32. The average molecular weight is 345 g/mol. The van der Waals surface area contributed by atoms with E-state index in [1.807, 2.05) is 0 Å². The molecule has 3 atom stereocenters. The highest BCUT2D eigenvalue weighted by Gasteiger charge is 2.21. The van der Waals surface area contributed by atoms with Crippen molar-refractivity contribution in [1.82, 2.24) is 5.32 Å². The van der Waals surface area contributed by atoms with Gasteiger partial charge in [-0.25, -0.2) is 0 Å². The van der Waals surface area contributed by atoms with Crippen molar-refractivity contribution in [1.29, 1.82) is 0 Å². The Morgan fingerprint density at radius 3 is 2.65 bits per heavy atom. The van der Waals surface area contributed by atoms with Crippen LogP contribution in [0.5, 0.6) is 0 Å². The van der Waals surface area contributed by atoms with Crippen LogP contribution in [0.2, 0.25) is 0 Å². The lowest BCUT2D eigenvalue weighted by Gasteiger charge is -2.29. The van der Waals surface area contributed by atoms with Gasteiger partial charge in [0.25, 0.3) is 0 Å². The molecule has 0 aromatic heterocycles. The fourth-order valence-corrected chi connectivity index (χ4v) is 2.88. The average Bonchev–Trinajstić information content (AvgIpc) is 2.29. The van der Waals surface area contributed by atoms with Crippen LogP contribution < -0.4 is 5.32 Å². The van der Waals surface area contributed by atoms with Crippen LogP contribution in [-0.4, -0.2) is 17.3 Å². The van der Waals surface area contributed by atoms with E-state index in [-0.39, 0.29) is 6.10 Å². The van der Waals surface area contributed by atoms with Crippen LogP contribution in [0, 0.1) is 3.57 Å². The van der Waals surface area contributed by atoms with E-state index in [0.717, 1.165) is 19.3 Å². The SMILES string of the molecule is CC(NC1CCCC(O)C1)c1ccc(I)cc1. The van der Waals surface area contributed by atoms with Crippen molar-refractivity contribution in [3.8, 4) is 0 Å². The predicted molar refractivity (Wildman–Crippen MR) is 79.0 cm³/mol. The van der Waals surface area contributed by atoms with Gasteiger partial charge in [-0.2, -0.15) is 0 Å². The molecule has 0 bridgehead atoms. The van der Waals surface area contributed by atoms with Gasteiger partial charge >= 0.3 is 0 Å². The molecule has 17 heavy (non-hydrogen) atoms. The number of benzene rings is 1. The van der Waals surface area contributed by atoms with Crippen LogP contribution in [0.3, 0.4) is 0 Å². The van der Waals surface area contributed by atoms with E-state index < -0.39 is 0 Å². The summed E-state index contributed by atoms with van der Waals surface area (Å²) in [6.07, 6.45) is 4.08. The Morgan fingerprint density at radius 2 is 2.00 bits per heavy atom. The molecule has 3 unspecified atom stereocenters. The lowest BCUT2D eigenvalue weighted by molar-refractivity contribution is 0.109. The highest BCUT2D eigenvalue weighted by Crippen LogP contribution is 2.22. The zero-order chi connectivity index (χ0) is 12.3. The molecule has 0 amide bonds. The smallest absolute Gasteiger partial charge is 0.0555 e. The summed E-state index contributed by atoms with van der Waals surface area (Å²) < 4.78 is 1.27. The first kappa shape index (κ1) is 13.3. The van der Waals surface area contributed by atoms with Gasteiger partial charge in [0.05, 0.1) is 6.10 Å². The van der Waals surface area contributed by atoms with Crippen LogP contribution in [0.1, 0.15) is 44.2 Å². The maximum Gasteiger partial charge on any atom is 0.0555 e. The van der Waals surface area contributed by atoms with Crippen LogP contribution in [0.25, 0.3) is 0 Å². The van der Waals surface area contributed by atoms with E-state index in [1.165, 1.54) is 15.6 Å². The zero-order valence-corrected chi connectivity index (χ0v) is 12.4. The standard InChI is InChI=1S/C14H20INO/c1-10(11-5-7-12(15)8-6-11)16-13-3-2-4-14(17)9-13/h5-8,10,13-14,16-17H,2-4,9H2,1H3. The molecule has 0 radical (unpaired) electrons. The van der Waals surface area contributed by atoms with E-state index in [0.29, 0.717) is 12.1 Å². The van der Waals surface area contributed by atoms with Gasteiger partial charge in [-0.3, -0.25) is 0 Å². The third-order valence-electron chi connectivity index (χ3n) is 3.50. The van der Waals surface area contributed by atoms with Crippen molar-refractivity contribution in [3.63, 3.8) is 0 Å². The van der Waals surface area contributed by atoms with Gasteiger partial charge in [0.1, 0.15) is 0 Å². The molecule has 94 valence electrons. The molecule has 2 rings (SSSR count). The monoisotopic (exact) mass is 345 g/mol. The summed E-state index contributed by atoms with van der Waals surface area (Å²) in [6.45, 7) is 2.20. The third kappa shape index (κ3) is 3.93. The minimum absolute atomic E-state index is 0.106. The Kier molecular flexibility index (Phi) is 4.82. The second kappa shape index (κ2) is 6.16. The fourth-order valence-electron chi connectivity index (χ4n) is 2.52. The Balaban J connectivity index is 1.91. The first-order valence-electron chi connectivity index (χ1n) is 6.34. The van der Waals surface area contributed by atoms with Gasteiger partial charge in [0, 0.05) is 15.7 Å². The van der Waals surface area contributed by atoms with Crippen LogP contribution in [0.4, 0.5) is 0 Å². The largest absolute Gasteiger partial charge is 0.393 e. The minimum atomic E-state index is -0.106. The second-order valence-corrected chi connectivity index (χ2v) is 6.20. The van der Waals surface area contributed by atoms with E-state index in [2.05, 4.69) is 59.1 Å². The molecule has 0 heterocycles. The third-order valence-corrected chi connectivity index (χ3v) is 4.22. The summed E-state index contributed by atoms with van der Waals surface area (Å²) in [4.78, 5) is 0. The van der Waals surface area contributed by atoms with Gasteiger partial charge in [0.2, 0.25) is 0 Å². The van der Waals surface area contributed by atoms with Crippen molar-refractivity contribution in [2.45, 2.75) is 50.8 Å². The predicted octanol–water partition coefficient (Wildman–Crippen LogP) is 3.25. The van der Waals surface area contributed by atoms with Gasteiger partial charge in [-0.05, 0) is 72.9 Å². The highest BCUT2D eigenvalue weighted by atomic mass is 127. The Hall–Kier alpha value is -0.130. The van der Waals surface area contributed by atoms with Crippen molar-refractivity contribution in [2.24, 2.45) is 0 Å². The van der Waals surface area contributed by atoms with Gasteiger partial charge < -0.3 is 10.4 Å². The summed E-state index contributed by atoms with van der Waals surface area (Å²) >= 11 is 2.32. The molecule has 0 spiro atoms. The maximum absolute atomic E-state index is 9.66. The molecule has 1 fully saturated rings. The highest BCUT2D eigenvalue weighted by molar-refractivity contribution is 14.1. The van der Waals surface area contributed by atoms with Crippen molar-refractivity contribution in [2.75, 3.05) is 0 Å². The number of rotatable bonds is 3. The molecular formula is C14H20INO. The molecule has 0 aliphatic heterocycles. The summed E-state index contributed by atoms with van der Waals surface area (Å²) in [5.74, 6) is 0. The molecule has 2 nitrogen and oxygen atoms in total. The van der Waals surface area contributed by atoms with E-state index in [1.54, 1.807) is 0 Å². The van der Waals surface area contributed by atoms with Crippen molar-refractivity contribution >= 4 is 22.6 Å². The number of hydrogen-bond acceptors (Lipinski definition) is 2. The first-order chi connectivity index (χ1) is 8.15. The number of halogens is 1. The zero-order valence-electron chi connectivity index (χ0n) is 10.2. The second-order valence-electron chi connectivity index (χ2n) is 4.96. The fraction of sp³-hybridized carbons (Fsp3) is 0.571. The summed E-state index contributed by atoms with van der Waals surface area (Å²) in [6, 6.07) is 9.47. The maximum atomic E-state index is 9.66. The number of nitrogens with one attached hydrogen (secondary N) is 1. The van der Waals surface area contributed by atoms with E-state index >= 15 is 0 Å². The van der Waals surface area contributed by atoms with Crippen LogP contribution in [0.15, 0.2) is 24.3 Å². The molecule has 0 saturated heterocycles. The Bertz CT molecular complexity index is 352. The topological polar surface area (TPSA) is 32.3 Å². The van der Waals surface area contributed by atoms with E-state index in [4.69, 9.17) is 0 Å². The van der Waals surface area contributed by atoms with Crippen molar-refractivity contribution in [3.05, 3.63) is 33.4 Å². The van der Waals surface area contributed by atoms with Gasteiger partial charge in [-0.15, -0.1) is 0 Å². The molecule has 1 aliphatic rings. The molecule has 2 N–H and O–H groups in total. The van der Waals surface area contributed by atoms with Gasteiger partial charge in [0.15, 0.2) is 0 Å². The molecule has 1 saturated carbocycles. The van der Waals surface area contributed by atoms with Crippen LogP contribution in [-0.2, 0) is 0 Å². The molecule has 3 heteroatoms. The number of aliphatic hydroxyl groups excluding tert-OH is 1. The van der Waals surface area contributed by atoms with E-state index in [9.17, 15) is 5.11 Å². The molecular weight excluding hydrogens is 325 g/mol. The number of aliphatic hydroxyl groups is 1. The Labute approximate surface area is 117 Å². The molecule has 1 aromatic carbocycles.